The van der Waals surface area contributed by atoms with Crippen molar-refractivity contribution in [3.05, 3.63) is 56.8 Å². The van der Waals surface area contributed by atoms with Crippen molar-refractivity contribution in [3.63, 3.8) is 0 Å². The summed E-state index contributed by atoms with van der Waals surface area (Å²) >= 11 is 19.0. The molecule has 5 rings (SSSR count). The lowest BCUT2D eigenvalue weighted by atomic mass is 10.0. The molecule has 2 aliphatic rings. The molecule has 0 bridgehead atoms. The molecule has 6 nitrogen and oxygen atoms in total. The number of halogens is 3. The third-order valence-corrected chi connectivity index (χ3v) is 6.58. The molecule has 156 valence electrons. The Kier molecular flexibility index (Phi) is 5.27. The van der Waals surface area contributed by atoms with Gasteiger partial charge in [0.05, 0.1) is 22.1 Å². The van der Waals surface area contributed by atoms with Crippen molar-refractivity contribution in [3.8, 4) is 17.1 Å². The van der Waals surface area contributed by atoms with E-state index in [1.165, 1.54) is 6.42 Å². The second-order valence-corrected chi connectivity index (χ2v) is 8.85. The number of carbonyl (C=O) groups is 1. The van der Waals surface area contributed by atoms with Gasteiger partial charge >= 0.3 is 0 Å². The van der Waals surface area contributed by atoms with Crippen LogP contribution in [0.3, 0.4) is 0 Å². The number of hydrogen-bond acceptors (Lipinski definition) is 3. The molecule has 0 aliphatic carbocycles. The lowest BCUT2D eigenvalue weighted by Crippen LogP contribution is -2.45. The molecule has 4 heterocycles. The van der Waals surface area contributed by atoms with Gasteiger partial charge in [-0.05, 0) is 49.6 Å². The molecule has 3 aromatic rings. The maximum Gasteiger partial charge on any atom is 0.286 e. The molecular weight excluding hydrogens is 445 g/mol. The number of benzene rings is 1. The van der Waals surface area contributed by atoms with Gasteiger partial charge in [-0.3, -0.25) is 10.2 Å². The lowest BCUT2D eigenvalue weighted by Gasteiger charge is -2.26. The number of amides is 1. The van der Waals surface area contributed by atoms with Gasteiger partial charge in [0.2, 0.25) is 0 Å². The minimum Gasteiger partial charge on any atom is -0.330 e. The fraction of sp³-hybridized carbons (Fsp3) is 0.333. The molecule has 1 fully saturated rings. The van der Waals surface area contributed by atoms with Crippen LogP contribution in [-0.2, 0) is 13.0 Å². The zero-order valence-corrected chi connectivity index (χ0v) is 18.4. The van der Waals surface area contributed by atoms with Gasteiger partial charge in [-0.25, -0.2) is 9.69 Å². The fourth-order valence-electron chi connectivity index (χ4n) is 4.26. The first-order valence-corrected chi connectivity index (χ1v) is 11.1. The summed E-state index contributed by atoms with van der Waals surface area (Å²) in [6.07, 6.45) is 4.02. The topological polar surface area (TPSA) is 55.1 Å². The van der Waals surface area contributed by atoms with E-state index < -0.39 is 0 Å². The minimum absolute atomic E-state index is 0.192. The quantitative estimate of drug-likeness (QED) is 0.594. The third-order valence-electron chi connectivity index (χ3n) is 5.71. The Morgan fingerprint density at radius 3 is 2.57 bits per heavy atom. The van der Waals surface area contributed by atoms with Crippen molar-refractivity contribution in [1.29, 1.82) is 0 Å². The van der Waals surface area contributed by atoms with Crippen LogP contribution >= 0.6 is 34.8 Å². The van der Waals surface area contributed by atoms with Crippen molar-refractivity contribution in [2.24, 2.45) is 0 Å². The van der Waals surface area contributed by atoms with E-state index in [2.05, 4.69) is 5.43 Å². The van der Waals surface area contributed by atoms with Gasteiger partial charge in [0, 0.05) is 30.2 Å². The van der Waals surface area contributed by atoms with Gasteiger partial charge in [-0.15, -0.1) is 0 Å². The normalized spacial score (nSPS) is 16.2. The highest BCUT2D eigenvalue weighted by Gasteiger charge is 2.31. The van der Waals surface area contributed by atoms with Crippen molar-refractivity contribution in [2.45, 2.75) is 32.2 Å². The van der Waals surface area contributed by atoms with Gasteiger partial charge in [0.25, 0.3) is 5.91 Å². The Labute approximate surface area is 189 Å². The number of aromatic nitrogens is 3. The highest BCUT2D eigenvalue weighted by Crippen LogP contribution is 2.38. The van der Waals surface area contributed by atoms with Crippen LogP contribution in [0, 0.1) is 0 Å². The zero-order valence-electron chi connectivity index (χ0n) is 16.2. The maximum absolute atomic E-state index is 13.2. The maximum atomic E-state index is 13.2. The van der Waals surface area contributed by atoms with E-state index in [4.69, 9.17) is 39.9 Å². The van der Waals surface area contributed by atoms with Crippen LogP contribution in [0.2, 0.25) is 15.2 Å². The number of piperidine rings is 1. The van der Waals surface area contributed by atoms with Crippen LogP contribution in [0.5, 0.6) is 0 Å². The molecule has 0 radical (unpaired) electrons. The van der Waals surface area contributed by atoms with Crippen LogP contribution in [0.1, 0.15) is 35.3 Å². The van der Waals surface area contributed by atoms with Gasteiger partial charge in [0.15, 0.2) is 5.69 Å². The van der Waals surface area contributed by atoms with E-state index in [9.17, 15) is 4.79 Å². The van der Waals surface area contributed by atoms with Crippen LogP contribution in [0.25, 0.3) is 17.1 Å². The van der Waals surface area contributed by atoms with E-state index in [0.29, 0.717) is 39.5 Å². The average molecular weight is 465 g/mol. The molecule has 2 aliphatic heterocycles. The Morgan fingerprint density at radius 2 is 1.80 bits per heavy atom. The Morgan fingerprint density at radius 1 is 1.00 bits per heavy atom. The number of hydrogen-bond donors (Lipinski definition) is 1. The summed E-state index contributed by atoms with van der Waals surface area (Å²) in [6, 6.07) is 9.07. The summed E-state index contributed by atoms with van der Waals surface area (Å²) in [5.41, 5.74) is 6.77. The average Bonchev–Trinajstić information content (AvgIpc) is 3.30. The van der Waals surface area contributed by atoms with E-state index in [-0.39, 0.29) is 5.91 Å². The predicted octanol–water partition coefficient (Wildman–Crippen LogP) is 4.99. The monoisotopic (exact) mass is 463 g/mol. The second-order valence-electron chi connectivity index (χ2n) is 7.61. The van der Waals surface area contributed by atoms with E-state index in [1.54, 1.807) is 16.8 Å². The molecule has 1 N–H and O–H groups in total. The molecule has 0 spiro atoms. The van der Waals surface area contributed by atoms with Crippen molar-refractivity contribution >= 4 is 40.7 Å². The summed E-state index contributed by atoms with van der Waals surface area (Å²) in [7, 11) is 0. The summed E-state index contributed by atoms with van der Waals surface area (Å²) < 4.78 is 3.76. The predicted molar refractivity (Wildman–Crippen MR) is 119 cm³/mol. The van der Waals surface area contributed by atoms with Crippen LogP contribution < -0.4 is 5.43 Å². The number of nitrogens with one attached hydrogen (secondary N) is 1. The fourth-order valence-corrected chi connectivity index (χ4v) is 4.99. The first-order chi connectivity index (χ1) is 14.5. The first-order valence-electron chi connectivity index (χ1n) is 10.0. The van der Waals surface area contributed by atoms with E-state index in [0.717, 1.165) is 42.9 Å². The summed E-state index contributed by atoms with van der Waals surface area (Å²) in [5, 5.41) is 8.36. The Hall–Kier alpha value is -1.99. The van der Waals surface area contributed by atoms with Gasteiger partial charge < -0.3 is 4.57 Å². The minimum atomic E-state index is -0.192. The van der Waals surface area contributed by atoms with Crippen LogP contribution in [-0.4, -0.2) is 38.4 Å². The van der Waals surface area contributed by atoms with Crippen molar-refractivity contribution < 1.29 is 4.79 Å². The second kappa shape index (κ2) is 7.93. The number of carbonyl (C=O) groups excluding carboxylic acids is 1. The molecule has 1 amide bonds. The smallest absolute Gasteiger partial charge is 0.286 e. The highest BCUT2D eigenvalue weighted by atomic mass is 35.5. The number of hydrazine groups is 1. The number of rotatable bonds is 3. The standard InChI is InChI=1S/C21H20Cl3N5O/c22-13-4-5-16(15(23)12-13)29-20-14(8-11-28-17(20)6-7-18(28)24)19(25-29)21(30)26-27-9-2-1-3-10-27/h4-7,12H,1-3,8-11H2,(H,26,30). The number of fused-ring (bicyclic) bond motifs is 3. The lowest BCUT2D eigenvalue weighted by molar-refractivity contribution is 0.0743. The highest BCUT2D eigenvalue weighted by molar-refractivity contribution is 6.35. The van der Waals surface area contributed by atoms with Crippen molar-refractivity contribution in [2.75, 3.05) is 13.1 Å². The first kappa shape index (κ1) is 19.9. The Balaban J connectivity index is 1.63. The molecule has 0 unspecified atom stereocenters. The molecule has 2 aromatic heterocycles. The molecule has 1 saturated heterocycles. The Bertz CT molecular complexity index is 1130. The molecule has 9 heteroatoms. The van der Waals surface area contributed by atoms with E-state index in [1.807, 2.05) is 27.8 Å². The molecule has 0 saturated carbocycles. The molecule has 1 aromatic carbocycles. The summed E-state index contributed by atoms with van der Waals surface area (Å²) in [4.78, 5) is 13.2. The van der Waals surface area contributed by atoms with E-state index >= 15 is 0 Å². The molecule has 30 heavy (non-hydrogen) atoms. The van der Waals surface area contributed by atoms with Gasteiger partial charge in [0.1, 0.15) is 5.15 Å². The SMILES string of the molecule is O=C(NN1CCCCC1)c1nn(-c2ccc(Cl)cc2Cl)c2c1CCn1c(Cl)ccc1-2. The molecule has 0 atom stereocenters. The van der Waals surface area contributed by atoms with Crippen LogP contribution in [0.4, 0.5) is 0 Å². The number of nitrogens with zero attached hydrogens (tertiary/aromatic N) is 4. The third kappa shape index (κ3) is 3.42. The van der Waals surface area contributed by atoms with Crippen LogP contribution in [0.15, 0.2) is 30.3 Å². The molecular formula is C21H20Cl3N5O. The summed E-state index contributed by atoms with van der Waals surface area (Å²) in [5.74, 6) is -0.192. The van der Waals surface area contributed by atoms with Gasteiger partial charge in [-0.1, -0.05) is 41.2 Å². The summed E-state index contributed by atoms with van der Waals surface area (Å²) in [6.45, 7) is 2.41. The largest absolute Gasteiger partial charge is 0.330 e. The zero-order chi connectivity index (χ0) is 20.8. The van der Waals surface area contributed by atoms with Crippen molar-refractivity contribution in [1.82, 2.24) is 24.8 Å². The van der Waals surface area contributed by atoms with Gasteiger partial charge in [-0.2, -0.15) is 5.10 Å².